The molecule has 3 fully saturated rings. The van der Waals surface area contributed by atoms with Crippen molar-refractivity contribution >= 4 is 10.1 Å². The van der Waals surface area contributed by atoms with Gasteiger partial charge in [-0.1, -0.05) is 17.7 Å². The Morgan fingerprint density at radius 3 is 2.50 bits per heavy atom. The number of epoxide rings is 1. The molecule has 1 saturated carbocycles. The van der Waals surface area contributed by atoms with Gasteiger partial charge in [-0.05, 0) is 39.3 Å². The molecule has 2 saturated heterocycles. The number of hydrogen-bond acceptors (Lipinski definition) is 6. The molecule has 1 spiro atoms. The van der Waals surface area contributed by atoms with Crippen LogP contribution in [0.25, 0.3) is 0 Å². The first-order valence-electron chi connectivity index (χ1n) is 8.17. The number of hydrogen-bond donors (Lipinski definition) is 0. The first kappa shape index (κ1) is 16.5. The Morgan fingerprint density at radius 2 is 1.88 bits per heavy atom. The Kier molecular flexibility index (Phi) is 3.61. The third kappa shape index (κ3) is 2.78. The second-order valence-electron chi connectivity index (χ2n) is 7.39. The van der Waals surface area contributed by atoms with Gasteiger partial charge < -0.3 is 14.2 Å². The molecule has 2 aliphatic heterocycles. The molecule has 0 bridgehead atoms. The first-order chi connectivity index (χ1) is 11.2. The standard InChI is InChI=1S/C17H22O6S/c1-11-4-6-13(7-5-11)24(18,19)21-9-12-8-17(10-20-17)15-14(12)22-16(2,3)23-15/h4-7,12,14-15H,8-10H2,1-3H3/t12-,14-,15-,17+/m1/s1. The van der Waals surface area contributed by atoms with E-state index in [0.717, 1.165) is 5.56 Å². The largest absolute Gasteiger partial charge is 0.367 e. The first-order valence-corrected chi connectivity index (χ1v) is 9.57. The van der Waals surface area contributed by atoms with Gasteiger partial charge in [-0.3, -0.25) is 4.18 Å². The fourth-order valence-electron chi connectivity index (χ4n) is 3.69. The highest BCUT2D eigenvalue weighted by Crippen LogP contribution is 2.54. The molecule has 1 aromatic rings. The zero-order valence-electron chi connectivity index (χ0n) is 14.0. The molecule has 0 N–H and O–H groups in total. The van der Waals surface area contributed by atoms with E-state index in [1.165, 1.54) is 0 Å². The van der Waals surface area contributed by atoms with Crippen LogP contribution >= 0.6 is 0 Å². The van der Waals surface area contributed by atoms with E-state index in [9.17, 15) is 8.42 Å². The van der Waals surface area contributed by atoms with Gasteiger partial charge in [0.25, 0.3) is 10.1 Å². The zero-order chi connectivity index (χ0) is 17.2. The van der Waals surface area contributed by atoms with Crippen molar-refractivity contribution in [3.05, 3.63) is 29.8 Å². The van der Waals surface area contributed by atoms with Gasteiger partial charge in [-0.25, -0.2) is 0 Å². The van der Waals surface area contributed by atoms with Crippen LogP contribution in [0.15, 0.2) is 29.2 Å². The summed E-state index contributed by atoms with van der Waals surface area (Å²) in [5.74, 6) is -0.748. The lowest BCUT2D eigenvalue weighted by Gasteiger charge is -2.22. The van der Waals surface area contributed by atoms with Crippen molar-refractivity contribution in [2.45, 2.75) is 55.7 Å². The van der Waals surface area contributed by atoms with Crippen molar-refractivity contribution in [2.75, 3.05) is 13.2 Å². The molecule has 7 heteroatoms. The van der Waals surface area contributed by atoms with E-state index in [4.69, 9.17) is 18.4 Å². The van der Waals surface area contributed by atoms with E-state index < -0.39 is 15.9 Å². The number of aryl methyl sites for hydroxylation is 1. The van der Waals surface area contributed by atoms with Crippen LogP contribution in [-0.4, -0.2) is 45.2 Å². The van der Waals surface area contributed by atoms with Crippen molar-refractivity contribution < 1.29 is 26.8 Å². The van der Waals surface area contributed by atoms with Crippen LogP contribution in [0.3, 0.4) is 0 Å². The van der Waals surface area contributed by atoms with Crippen LogP contribution in [-0.2, 0) is 28.5 Å². The van der Waals surface area contributed by atoms with Crippen molar-refractivity contribution in [3.8, 4) is 0 Å². The molecule has 1 aliphatic carbocycles. The maximum Gasteiger partial charge on any atom is 0.296 e. The minimum absolute atomic E-state index is 0.0699. The molecule has 4 rings (SSSR count). The quantitative estimate of drug-likeness (QED) is 0.608. The normalized spacial score (nSPS) is 36.9. The van der Waals surface area contributed by atoms with Crippen molar-refractivity contribution in [3.63, 3.8) is 0 Å². The molecule has 6 nitrogen and oxygen atoms in total. The van der Waals surface area contributed by atoms with E-state index in [1.807, 2.05) is 20.8 Å². The number of benzene rings is 1. The molecule has 0 radical (unpaired) electrons. The molecule has 132 valence electrons. The predicted octanol–water partition coefficient (Wildman–Crippen LogP) is 2.01. The second kappa shape index (κ2) is 5.25. The molecule has 1 aromatic carbocycles. The van der Waals surface area contributed by atoms with Gasteiger partial charge in [-0.2, -0.15) is 8.42 Å². The van der Waals surface area contributed by atoms with Crippen molar-refractivity contribution in [2.24, 2.45) is 5.92 Å². The van der Waals surface area contributed by atoms with E-state index in [1.54, 1.807) is 24.3 Å². The summed E-state index contributed by atoms with van der Waals surface area (Å²) in [4.78, 5) is 0.170. The smallest absolute Gasteiger partial charge is 0.296 e. The Bertz CT molecular complexity index is 735. The highest BCUT2D eigenvalue weighted by Gasteiger charge is 2.68. The minimum atomic E-state index is -3.78. The highest BCUT2D eigenvalue weighted by atomic mass is 32.2. The van der Waals surface area contributed by atoms with Crippen molar-refractivity contribution in [1.82, 2.24) is 0 Å². The van der Waals surface area contributed by atoms with Crippen molar-refractivity contribution in [1.29, 1.82) is 0 Å². The third-order valence-corrected chi connectivity index (χ3v) is 6.28. The predicted molar refractivity (Wildman–Crippen MR) is 84.9 cm³/mol. The lowest BCUT2D eigenvalue weighted by molar-refractivity contribution is -0.163. The van der Waals surface area contributed by atoms with E-state index in [-0.39, 0.29) is 35.2 Å². The molecule has 3 aliphatic rings. The minimum Gasteiger partial charge on any atom is -0.367 e. The van der Waals surface area contributed by atoms with Gasteiger partial charge >= 0.3 is 0 Å². The summed E-state index contributed by atoms with van der Waals surface area (Å²) in [7, 11) is -3.78. The molecule has 0 unspecified atom stereocenters. The maximum atomic E-state index is 12.4. The Hall–Kier alpha value is -0.990. The maximum absolute atomic E-state index is 12.4. The second-order valence-corrected chi connectivity index (χ2v) is 9.01. The van der Waals surface area contributed by atoms with E-state index >= 15 is 0 Å². The molecule has 2 heterocycles. The van der Waals surface area contributed by atoms with Gasteiger partial charge in [0.1, 0.15) is 11.7 Å². The van der Waals surface area contributed by atoms with Gasteiger partial charge in [0, 0.05) is 5.92 Å². The Balaban J connectivity index is 1.47. The van der Waals surface area contributed by atoms with Gasteiger partial charge in [0.05, 0.1) is 24.2 Å². The summed E-state index contributed by atoms with van der Waals surface area (Å²) in [5.41, 5.74) is 0.680. The van der Waals surface area contributed by atoms with Crippen LogP contribution in [0.4, 0.5) is 0 Å². The van der Waals surface area contributed by atoms with E-state index in [0.29, 0.717) is 13.0 Å². The summed E-state index contributed by atoms with van der Waals surface area (Å²) >= 11 is 0. The molecule has 24 heavy (non-hydrogen) atoms. The van der Waals surface area contributed by atoms with Gasteiger partial charge in [0.15, 0.2) is 5.79 Å². The van der Waals surface area contributed by atoms with Gasteiger partial charge in [0.2, 0.25) is 0 Å². The topological polar surface area (TPSA) is 74.4 Å². The monoisotopic (exact) mass is 354 g/mol. The highest BCUT2D eigenvalue weighted by molar-refractivity contribution is 7.86. The number of ether oxygens (including phenoxy) is 3. The number of rotatable bonds is 4. The fourth-order valence-corrected chi connectivity index (χ4v) is 4.65. The van der Waals surface area contributed by atoms with Gasteiger partial charge in [-0.15, -0.1) is 0 Å². The lowest BCUT2D eigenvalue weighted by Crippen LogP contribution is -2.31. The summed E-state index contributed by atoms with van der Waals surface area (Å²) in [6.07, 6.45) is 0.348. The molecular formula is C17H22O6S. The molecule has 4 atom stereocenters. The lowest BCUT2D eigenvalue weighted by atomic mass is 10.1. The van der Waals surface area contributed by atoms with Crippen LogP contribution in [0.1, 0.15) is 25.8 Å². The fraction of sp³-hybridized carbons (Fsp3) is 0.647. The summed E-state index contributed by atoms with van der Waals surface area (Å²) in [6, 6.07) is 6.63. The SMILES string of the molecule is Cc1ccc(S(=O)(=O)OC[C@H]2C[C@]3(CO3)[C@@H]3OC(C)(C)O[C@H]23)cc1. The average molecular weight is 354 g/mol. The molecule has 0 amide bonds. The van der Waals surface area contributed by atoms with Crippen LogP contribution in [0.5, 0.6) is 0 Å². The summed E-state index contributed by atoms with van der Waals surface area (Å²) < 4.78 is 47.6. The summed E-state index contributed by atoms with van der Waals surface area (Å²) in [6.45, 7) is 6.34. The molecule has 0 aromatic heterocycles. The Labute approximate surface area is 142 Å². The van der Waals surface area contributed by atoms with Crippen LogP contribution in [0, 0.1) is 12.8 Å². The Morgan fingerprint density at radius 1 is 1.21 bits per heavy atom. The van der Waals surface area contributed by atoms with E-state index in [2.05, 4.69) is 0 Å². The average Bonchev–Trinajstić information content (AvgIpc) is 3.14. The van der Waals surface area contributed by atoms with Crippen LogP contribution < -0.4 is 0 Å². The van der Waals surface area contributed by atoms with Crippen LogP contribution in [0.2, 0.25) is 0 Å². The molecular weight excluding hydrogens is 332 g/mol. The summed E-state index contributed by atoms with van der Waals surface area (Å²) in [5, 5.41) is 0. The third-order valence-electron chi connectivity index (χ3n) is 4.98. The number of fused-ring (bicyclic) bond motifs is 2. The zero-order valence-corrected chi connectivity index (χ0v) is 14.8.